The molecule has 1 N–H and O–H groups in total. The van der Waals surface area contributed by atoms with Crippen LogP contribution in [0.15, 0.2) is 61.4 Å². The highest BCUT2D eigenvalue weighted by Gasteiger charge is 2.16. The van der Waals surface area contributed by atoms with Crippen molar-refractivity contribution in [3.05, 3.63) is 77.1 Å². The third-order valence-corrected chi connectivity index (χ3v) is 4.06. The summed E-state index contributed by atoms with van der Waals surface area (Å²) in [5, 5.41) is 14.3. The van der Waals surface area contributed by atoms with Gasteiger partial charge in [0.2, 0.25) is 0 Å². The molecule has 0 fully saturated rings. The fourth-order valence-electron chi connectivity index (χ4n) is 2.78. The molecule has 26 heavy (non-hydrogen) atoms. The van der Waals surface area contributed by atoms with E-state index in [2.05, 4.69) is 20.3 Å². The van der Waals surface area contributed by atoms with E-state index in [0.717, 1.165) is 16.6 Å². The Labute approximate surface area is 148 Å². The average molecular weight is 346 g/mol. The molecule has 8 heteroatoms. The molecule has 4 aromatic rings. The van der Waals surface area contributed by atoms with Crippen LogP contribution in [0.3, 0.4) is 0 Å². The van der Waals surface area contributed by atoms with Gasteiger partial charge in [-0.2, -0.15) is 0 Å². The molecule has 0 aliphatic heterocycles. The van der Waals surface area contributed by atoms with Gasteiger partial charge in [-0.3, -0.25) is 10.1 Å². The molecule has 0 saturated carbocycles. The molecule has 3 aromatic heterocycles. The van der Waals surface area contributed by atoms with Crippen LogP contribution >= 0.6 is 0 Å². The first-order valence-corrected chi connectivity index (χ1v) is 7.87. The second kappa shape index (κ2) is 6.25. The van der Waals surface area contributed by atoms with E-state index in [9.17, 15) is 10.1 Å². The number of benzene rings is 1. The second-order valence-electron chi connectivity index (χ2n) is 5.75. The quantitative estimate of drug-likeness (QED) is 0.446. The van der Waals surface area contributed by atoms with E-state index in [1.165, 1.54) is 6.07 Å². The summed E-state index contributed by atoms with van der Waals surface area (Å²) in [5.74, 6) is 0.556. The minimum absolute atomic E-state index is 0.0121. The van der Waals surface area contributed by atoms with Gasteiger partial charge in [-0.1, -0.05) is 12.1 Å². The Bertz CT molecular complexity index is 1100. The van der Waals surface area contributed by atoms with Gasteiger partial charge in [0.25, 0.3) is 5.69 Å². The monoisotopic (exact) mass is 346 g/mol. The number of aromatic nitrogens is 4. The van der Waals surface area contributed by atoms with Gasteiger partial charge in [0.1, 0.15) is 5.69 Å². The summed E-state index contributed by atoms with van der Waals surface area (Å²) in [6, 6.07) is 8.75. The molecule has 0 saturated heterocycles. The number of pyridine rings is 1. The van der Waals surface area contributed by atoms with E-state index in [1.54, 1.807) is 31.0 Å². The summed E-state index contributed by atoms with van der Waals surface area (Å²) in [7, 11) is 0. The molecule has 0 atom stereocenters. The molecule has 0 aliphatic rings. The largest absolute Gasteiger partial charge is 0.347 e. The third-order valence-electron chi connectivity index (χ3n) is 4.06. The summed E-state index contributed by atoms with van der Waals surface area (Å²) in [6.07, 6.45) is 8.59. The van der Waals surface area contributed by atoms with Gasteiger partial charge in [0.05, 0.1) is 41.0 Å². The fourth-order valence-corrected chi connectivity index (χ4v) is 2.78. The summed E-state index contributed by atoms with van der Waals surface area (Å²) < 4.78 is 1.89. The highest BCUT2D eigenvalue weighted by Crippen LogP contribution is 2.30. The molecule has 4 rings (SSSR count). The highest BCUT2D eigenvalue weighted by molar-refractivity contribution is 5.76. The van der Waals surface area contributed by atoms with E-state index in [0.29, 0.717) is 17.2 Å². The first-order chi connectivity index (χ1) is 12.6. The molecule has 0 amide bonds. The SMILES string of the molecule is Cc1cccc([N+](=O)[O-])c1Nc1cnc(-c2cccn3cncc23)nc1. The lowest BCUT2D eigenvalue weighted by molar-refractivity contribution is -0.384. The summed E-state index contributed by atoms with van der Waals surface area (Å²) >= 11 is 0. The number of nitro groups is 1. The highest BCUT2D eigenvalue weighted by atomic mass is 16.6. The molecule has 0 aliphatic carbocycles. The lowest BCUT2D eigenvalue weighted by Gasteiger charge is -2.10. The number of nitro benzene ring substituents is 1. The lowest BCUT2D eigenvalue weighted by atomic mass is 10.1. The number of nitrogens with one attached hydrogen (secondary N) is 1. The predicted octanol–water partition coefficient (Wildman–Crippen LogP) is 3.75. The Kier molecular flexibility index (Phi) is 3.77. The third kappa shape index (κ3) is 2.73. The van der Waals surface area contributed by atoms with Crippen molar-refractivity contribution >= 4 is 22.6 Å². The Morgan fingerprint density at radius 2 is 1.92 bits per heavy atom. The molecule has 8 nitrogen and oxygen atoms in total. The Morgan fingerprint density at radius 3 is 2.69 bits per heavy atom. The van der Waals surface area contributed by atoms with Gasteiger partial charge in [-0.05, 0) is 24.6 Å². The van der Waals surface area contributed by atoms with E-state index >= 15 is 0 Å². The topological polar surface area (TPSA) is 98.2 Å². The van der Waals surface area contributed by atoms with Gasteiger partial charge in [0, 0.05) is 17.8 Å². The molecule has 0 spiro atoms. The number of hydrogen-bond donors (Lipinski definition) is 1. The van der Waals surface area contributed by atoms with Crippen molar-refractivity contribution in [1.29, 1.82) is 0 Å². The first-order valence-electron chi connectivity index (χ1n) is 7.87. The maximum Gasteiger partial charge on any atom is 0.292 e. The second-order valence-corrected chi connectivity index (χ2v) is 5.75. The van der Waals surface area contributed by atoms with Crippen LogP contribution in [0.25, 0.3) is 16.9 Å². The smallest absolute Gasteiger partial charge is 0.292 e. The number of anilines is 2. The fraction of sp³-hybridized carbons (Fsp3) is 0.0556. The van der Waals surface area contributed by atoms with E-state index in [-0.39, 0.29) is 5.69 Å². The van der Waals surface area contributed by atoms with Crippen molar-refractivity contribution in [2.45, 2.75) is 6.92 Å². The van der Waals surface area contributed by atoms with Crippen molar-refractivity contribution in [3.8, 4) is 11.4 Å². The number of hydrogen-bond acceptors (Lipinski definition) is 6. The molecule has 0 unspecified atom stereocenters. The Hall–Kier alpha value is -3.81. The average Bonchev–Trinajstić information content (AvgIpc) is 3.12. The number of rotatable bonds is 4. The van der Waals surface area contributed by atoms with Gasteiger partial charge in [0.15, 0.2) is 5.82 Å². The number of fused-ring (bicyclic) bond motifs is 1. The van der Waals surface area contributed by atoms with Crippen LogP contribution in [0.2, 0.25) is 0 Å². The zero-order valence-electron chi connectivity index (χ0n) is 13.8. The molecule has 128 valence electrons. The minimum atomic E-state index is -0.412. The molecular formula is C18H14N6O2. The van der Waals surface area contributed by atoms with E-state index in [1.807, 2.05) is 35.7 Å². The summed E-state index contributed by atoms with van der Waals surface area (Å²) in [4.78, 5) is 23.7. The van der Waals surface area contributed by atoms with E-state index < -0.39 is 4.92 Å². The van der Waals surface area contributed by atoms with Crippen LogP contribution in [0.4, 0.5) is 17.1 Å². The van der Waals surface area contributed by atoms with Crippen LogP contribution in [0.1, 0.15) is 5.56 Å². The van der Waals surface area contributed by atoms with Crippen molar-refractivity contribution in [1.82, 2.24) is 19.4 Å². The van der Waals surface area contributed by atoms with E-state index in [4.69, 9.17) is 0 Å². The molecular weight excluding hydrogens is 332 g/mol. The first kappa shape index (κ1) is 15.7. The van der Waals surface area contributed by atoms with Gasteiger partial charge in [-0.25, -0.2) is 15.0 Å². The summed E-state index contributed by atoms with van der Waals surface area (Å²) in [5.41, 5.74) is 3.56. The minimum Gasteiger partial charge on any atom is -0.347 e. The van der Waals surface area contributed by atoms with Crippen molar-refractivity contribution in [2.24, 2.45) is 0 Å². The predicted molar refractivity (Wildman–Crippen MR) is 97.3 cm³/mol. The maximum absolute atomic E-state index is 11.2. The molecule has 0 radical (unpaired) electrons. The zero-order chi connectivity index (χ0) is 18.1. The van der Waals surface area contributed by atoms with Crippen LogP contribution < -0.4 is 5.32 Å². The van der Waals surface area contributed by atoms with Gasteiger partial charge >= 0.3 is 0 Å². The number of aryl methyl sites for hydroxylation is 1. The van der Waals surface area contributed by atoms with Crippen LogP contribution in [-0.2, 0) is 0 Å². The van der Waals surface area contributed by atoms with Crippen LogP contribution in [0.5, 0.6) is 0 Å². The number of nitrogens with zero attached hydrogens (tertiary/aromatic N) is 5. The maximum atomic E-state index is 11.2. The molecule has 0 bridgehead atoms. The lowest BCUT2D eigenvalue weighted by Crippen LogP contribution is -2.00. The van der Waals surface area contributed by atoms with Crippen LogP contribution in [0, 0.1) is 17.0 Å². The normalized spacial score (nSPS) is 10.8. The van der Waals surface area contributed by atoms with Crippen molar-refractivity contribution < 1.29 is 4.92 Å². The summed E-state index contributed by atoms with van der Waals surface area (Å²) in [6.45, 7) is 1.81. The Balaban J connectivity index is 1.68. The zero-order valence-corrected chi connectivity index (χ0v) is 13.8. The van der Waals surface area contributed by atoms with Crippen molar-refractivity contribution in [2.75, 3.05) is 5.32 Å². The molecule has 3 heterocycles. The van der Waals surface area contributed by atoms with Crippen LogP contribution in [-0.4, -0.2) is 24.3 Å². The standard InChI is InChI=1S/C18H14N6O2/c1-12-4-2-6-15(24(25)26)17(12)22-13-8-20-18(21-9-13)14-5-3-7-23-11-19-10-16(14)23/h2-11,22H,1H3. The van der Waals surface area contributed by atoms with Gasteiger partial charge < -0.3 is 9.72 Å². The van der Waals surface area contributed by atoms with Gasteiger partial charge in [-0.15, -0.1) is 0 Å². The Morgan fingerprint density at radius 1 is 1.12 bits per heavy atom. The van der Waals surface area contributed by atoms with Crippen molar-refractivity contribution in [3.63, 3.8) is 0 Å². The molecule has 1 aromatic carbocycles. The number of para-hydroxylation sites is 1. The number of imidazole rings is 1.